The standard InChI is InChI=1S/C22H19ClF2N4O2/c23-18-12-17(6-7-19(18)25)31-21-13-20(26-14-27-21)28-8-1-9-29(11-10-28)22(30)15-2-4-16(24)5-3-15/h2-7,12-14H,1,8-11H2. The van der Waals surface area contributed by atoms with Gasteiger partial charge in [-0.05, 0) is 42.8 Å². The second-order valence-corrected chi connectivity index (χ2v) is 7.44. The van der Waals surface area contributed by atoms with E-state index in [2.05, 4.69) is 9.97 Å². The predicted octanol–water partition coefficient (Wildman–Crippen LogP) is 4.55. The van der Waals surface area contributed by atoms with Gasteiger partial charge in [0.25, 0.3) is 5.91 Å². The lowest BCUT2D eigenvalue weighted by Gasteiger charge is -2.23. The fraction of sp³-hybridized carbons (Fsp3) is 0.227. The monoisotopic (exact) mass is 444 g/mol. The van der Waals surface area contributed by atoms with Crippen LogP contribution in [0.5, 0.6) is 11.6 Å². The Kier molecular flexibility index (Phi) is 6.27. The summed E-state index contributed by atoms with van der Waals surface area (Å²) in [6.45, 7) is 2.37. The molecule has 2 heterocycles. The van der Waals surface area contributed by atoms with Crippen molar-refractivity contribution in [3.63, 3.8) is 0 Å². The van der Waals surface area contributed by atoms with Gasteiger partial charge in [0.15, 0.2) is 0 Å². The number of halogens is 3. The Labute approximate surface area is 183 Å². The quantitative estimate of drug-likeness (QED) is 0.590. The molecule has 0 saturated carbocycles. The molecule has 0 N–H and O–H groups in total. The number of rotatable bonds is 4. The van der Waals surface area contributed by atoms with Gasteiger partial charge in [-0.3, -0.25) is 4.79 Å². The number of carbonyl (C=O) groups excluding carboxylic acids is 1. The zero-order valence-electron chi connectivity index (χ0n) is 16.5. The van der Waals surface area contributed by atoms with E-state index in [1.54, 1.807) is 11.0 Å². The van der Waals surface area contributed by atoms with Gasteiger partial charge in [-0.2, -0.15) is 0 Å². The Bertz CT molecular complexity index is 1080. The second-order valence-electron chi connectivity index (χ2n) is 7.03. The number of benzene rings is 2. The van der Waals surface area contributed by atoms with Gasteiger partial charge in [-0.15, -0.1) is 0 Å². The molecule has 4 rings (SSSR count). The molecule has 6 nitrogen and oxygen atoms in total. The van der Waals surface area contributed by atoms with Crippen molar-refractivity contribution in [3.05, 3.63) is 77.1 Å². The maximum atomic E-state index is 13.3. The van der Waals surface area contributed by atoms with Crippen LogP contribution in [0.4, 0.5) is 14.6 Å². The largest absolute Gasteiger partial charge is 0.439 e. The minimum Gasteiger partial charge on any atom is -0.439 e. The molecule has 1 aliphatic heterocycles. The predicted molar refractivity (Wildman–Crippen MR) is 113 cm³/mol. The maximum Gasteiger partial charge on any atom is 0.253 e. The minimum absolute atomic E-state index is 0.0368. The Morgan fingerprint density at radius 3 is 2.55 bits per heavy atom. The van der Waals surface area contributed by atoms with Crippen molar-refractivity contribution in [2.45, 2.75) is 6.42 Å². The molecule has 3 aromatic rings. The summed E-state index contributed by atoms with van der Waals surface area (Å²) in [4.78, 5) is 24.9. The molecule has 160 valence electrons. The van der Waals surface area contributed by atoms with Gasteiger partial charge in [0.1, 0.15) is 29.5 Å². The zero-order chi connectivity index (χ0) is 21.8. The van der Waals surface area contributed by atoms with Crippen molar-refractivity contribution in [1.29, 1.82) is 0 Å². The molecular formula is C22H19ClF2N4O2. The van der Waals surface area contributed by atoms with Crippen LogP contribution >= 0.6 is 11.6 Å². The molecule has 1 amide bonds. The van der Waals surface area contributed by atoms with Crippen LogP contribution in [0, 0.1) is 11.6 Å². The number of amides is 1. The topological polar surface area (TPSA) is 58.6 Å². The molecule has 0 atom stereocenters. The summed E-state index contributed by atoms with van der Waals surface area (Å²) in [6, 6.07) is 11.3. The lowest BCUT2D eigenvalue weighted by molar-refractivity contribution is 0.0767. The molecule has 1 fully saturated rings. The van der Waals surface area contributed by atoms with Crippen molar-refractivity contribution in [2.75, 3.05) is 31.1 Å². The fourth-order valence-electron chi connectivity index (χ4n) is 3.34. The molecular weight excluding hydrogens is 426 g/mol. The van der Waals surface area contributed by atoms with E-state index in [1.165, 1.54) is 48.8 Å². The van der Waals surface area contributed by atoms with Crippen LogP contribution in [-0.2, 0) is 0 Å². The van der Waals surface area contributed by atoms with Crippen LogP contribution < -0.4 is 9.64 Å². The summed E-state index contributed by atoms with van der Waals surface area (Å²) in [5, 5.41) is -0.0368. The smallest absolute Gasteiger partial charge is 0.253 e. The molecule has 0 spiro atoms. The van der Waals surface area contributed by atoms with Crippen LogP contribution in [0.2, 0.25) is 5.02 Å². The van der Waals surface area contributed by atoms with Crippen molar-refractivity contribution in [1.82, 2.24) is 14.9 Å². The first-order valence-electron chi connectivity index (χ1n) is 9.74. The highest BCUT2D eigenvalue weighted by Gasteiger charge is 2.21. The van der Waals surface area contributed by atoms with Gasteiger partial charge in [0.2, 0.25) is 5.88 Å². The number of nitrogens with zero attached hydrogens (tertiary/aromatic N) is 4. The summed E-state index contributed by atoms with van der Waals surface area (Å²) in [6.07, 6.45) is 2.14. The molecule has 2 aromatic carbocycles. The first-order chi connectivity index (χ1) is 15.0. The molecule has 1 aliphatic rings. The molecule has 9 heteroatoms. The van der Waals surface area contributed by atoms with E-state index in [-0.39, 0.29) is 16.7 Å². The lowest BCUT2D eigenvalue weighted by Crippen LogP contribution is -2.35. The molecule has 0 bridgehead atoms. The summed E-state index contributed by atoms with van der Waals surface area (Å²) >= 11 is 5.80. The van der Waals surface area contributed by atoms with Crippen molar-refractivity contribution in [3.8, 4) is 11.6 Å². The van der Waals surface area contributed by atoms with Gasteiger partial charge < -0.3 is 14.5 Å². The second kappa shape index (κ2) is 9.26. The first kappa shape index (κ1) is 21.0. The minimum atomic E-state index is -0.526. The van der Waals surface area contributed by atoms with Gasteiger partial charge in [0, 0.05) is 43.9 Å². The van der Waals surface area contributed by atoms with E-state index in [1.807, 2.05) is 4.90 Å². The third-order valence-electron chi connectivity index (χ3n) is 4.94. The number of carbonyl (C=O) groups is 1. The molecule has 1 aromatic heterocycles. The highest BCUT2D eigenvalue weighted by molar-refractivity contribution is 6.30. The third-order valence-corrected chi connectivity index (χ3v) is 5.23. The van der Waals surface area contributed by atoms with E-state index in [0.717, 1.165) is 6.42 Å². The van der Waals surface area contributed by atoms with Crippen LogP contribution in [0.1, 0.15) is 16.8 Å². The number of ether oxygens (including phenoxy) is 1. The van der Waals surface area contributed by atoms with Crippen LogP contribution in [0.3, 0.4) is 0 Å². The summed E-state index contributed by atoms with van der Waals surface area (Å²) in [5.41, 5.74) is 0.463. The average Bonchev–Trinajstić information content (AvgIpc) is 3.03. The summed E-state index contributed by atoms with van der Waals surface area (Å²) in [7, 11) is 0. The van der Waals surface area contributed by atoms with Crippen LogP contribution in [-0.4, -0.2) is 47.0 Å². The SMILES string of the molecule is O=C(c1ccc(F)cc1)N1CCCN(c2cc(Oc3ccc(F)c(Cl)c3)ncn2)CC1. The lowest BCUT2D eigenvalue weighted by atomic mass is 10.2. The summed E-state index contributed by atoms with van der Waals surface area (Å²) < 4.78 is 32.1. The van der Waals surface area contributed by atoms with Crippen LogP contribution in [0.25, 0.3) is 0 Å². The molecule has 0 aliphatic carbocycles. The maximum absolute atomic E-state index is 13.3. The van der Waals surface area contributed by atoms with E-state index < -0.39 is 5.82 Å². The first-order valence-corrected chi connectivity index (χ1v) is 10.1. The summed E-state index contributed by atoms with van der Waals surface area (Å²) in [5.74, 6) is 0.306. The van der Waals surface area contributed by atoms with Gasteiger partial charge in [-0.1, -0.05) is 11.6 Å². The number of hydrogen-bond acceptors (Lipinski definition) is 5. The van der Waals surface area contributed by atoms with Crippen molar-refractivity contribution >= 4 is 23.3 Å². The van der Waals surface area contributed by atoms with Gasteiger partial charge in [0.05, 0.1) is 5.02 Å². The Morgan fingerprint density at radius 2 is 1.77 bits per heavy atom. The Balaban J connectivity index is 1.43. The van der Waals surface area contributed by atoms with E-state index in [9.17, 15) is 13.6 Å². The number of anilines is 1. The zero-order valence-corrected chi connectivity index (χ0v) is 17.2. The highest BCUT2D eigenvalue weighted by Crippen LogP contribution is 2.26. The molecule has 1 saturated heterocycles. The van der Waals surface area contributed by atoms with E-state index in [0.29, 0.717) is 49.2 Å². The van der Waals surface area contributed by atoms with Gasteiger partial charge >= 0.3 is 0 Å². The Hall–Kier alpha value is -3.26. The fourth-order valence-corrected chi connectivity index (χ4v) is 3.51. The van der Waals surface area contributed by atoms with Crippen molar-refractivity contribution in [2.24, 2.45) is 0 Å². The number of hydrogen-bond donors (Lipinski definition) is 0. The van der Waals surface area contributed by atoms with Crippen LogP contribution in [0.15, 0.2) is 54.9 Å². The average molecular weight is 445 g/mol. The molecule has 31 heavy (non-hydrogen) atoms. The molecule has 0 radical (unpaired) electrons. The van der Waals surface area contributed by atoms with Gasteiger partial charge in [-0.25, -0.2) is 18.7 Å². The van der Waals surface area contributed by atoms with E-state index >= 15 is 0 Å². The molecule has 0 unspecified atom stereocenters. The number of aromatic nitrogens is 2. The Morgan fingerprint density at radius 1 is 0.968 bits per heavy atom. The third kappa shape index (κ3) is 5.08. The normalized spacial score (nSPS) is 14.3. The van der Waals surface area contributed by atoms with Crippen molar-refractivity contribution < 1.29 is 18.3 Å². The van der Waals surface area contributed by atoms with E-state index in [4.69, 9.17) is 16.3 Å². The highest BCUT2D eigenvalue weighted by atomic mass is 35.5.